The summed E-state index contributed by atoms with van der Waals surface area (Å²) in [6.45, 7) is 7.21. The molecule has 2 heteroatoms. The van der Waals surface area contributed by atoms with Gasteiger partial charge in [0.15, 0.2) is 0 Å². The third-order valence-electron chi connectivity index (χ3n) is 3.85. The molecule has 0 N–H and O–H groups in total. The molecule has 1 aromatic carbocycles. The van der Waals surface area contributed by atoms with Gasteiger partial charge in [-0.25, -0.2) is 0 Å². The normalized spacial score (nSPS) is 19.7. The molecule has 0 radical (unpaired) electrons. The van der Waals surface area contributed by atoms with Crippen LogP contribution in [0.5, 0.6) is 5.75 Å². The van der Waals surface area contributed by atoms with E-state index in [1.54, 1.807) is 0 Å². The topological polar surface area (TPSA) is 26.3 Å². The quantitative estimate of drug-likeness (QED) is 0.814. The summed E-state index contributed by atoms with van der Waals surface area (Å²) < 4.78 is 5.92. The van der Waals surface area contributed by atoms with Crippen LogP contribution in [0.1, 0.15) is 52.0 Å². The fourth-order valence-electron chi connectivity index (χ4n) is 2.72. The van der Waals surface area contributed by atoms with E-state index in [9.17, 15) is 4.79 Å². The molecule has 0 aromatic heterocycles. The molecular weight excluding hydrogens is 236 g/mol. The van der Waals surface area contributed by atoms with Crippen LogP contribution in [0.2, 0.25) is 0 Å². The van der Waals surface area contributed by atoms with E-state index in [-0.39, 0.29) is 11.3 Å². The van der Waals surface area contributed by atoms with Crippen molar-refractivity contribution in [2.75, 3.05) is 6.61 Å². The van der Waals surface area contributed by atoms with E-state index in [0.29, 0.717) is 12.4 Å². The molecule has 2 nitrogen and oxygen atoms in total. The highest BCUT2D eigenvalue weighted by Crippen LogP contribution is 2.31. The van der Waals surface area contributed by atoms with Crippen molar-refractivity contribution in [3.8, 4) is 5.75 Å². The number of carbonyl (C=O) groups excluding carboxylic acids is 1. The maximum absolute atomic E-state index is 11.6. The van der Waals surface area contributed by atoms with Crippen LogP contribution in [0.25, 0.3) is 0 Å². The number of ether oxygens (including phenoxy) is 1. The summed E-state index contributed by atoms with van der Waals surface area (Å²) in [5.74, 6) is 1.62. The summed E-state index contributed by atoms with van der Waals surface area (Å²) in [4.78, 5) is 11.6. The van der Waals surface area contributed by atoms with Gasteiger partial charge in [0.05, 0.1) is 6.61 Å². The summed E-state index contributed by atoms with van der Waals surface area (Å²) in [7, 11) is 0. The Morgan fingerprint density at radius 2 is 2.00 bits per heavy atom. The van der Waals surface area contributed by atoms with Gasteiger partial charge in [0, 0.05) is 12.3 Å². The van der Waals surface area contributed by atoms with Gasteiger partial charge in [-0.1, -0.05) is 39.0 Å². The minimum absolute atomic E-state index is 0.0831. The summed E-state index contributed by atoms with van der Waals surface area (Å²) >= 11 is 0. The van der Waals surface area contributed by atoms with Gasteiger partial charge < -0.3 is 4.74 Å². The van der Waals surface area contributed by atoms with Crippen molar-refractivity contribution in [2.24, 2.45) is 5.92 Å². The van der Waals surface area contributed by atoms with Gasteiger partial charge >= 0.3 is 0 Å². The van der Waals surface area contributed by atoms with Gasteiger partial charge in [0.1, 0.15) is 11.5 Å². The van der Waals surface area contributed by atoms with Crippen molar-refractivity contribution in [3.05, 3.63) is 29.8 Å². The van der Waals surface area contributed by atoms with Crippen molar-refractivity contribution in [1.82, 2.24) is 0 Å². The number of ketones is 1. The van der Waals surface area contributed by atoms with Crippen LogP contribution < -0.4 is 4.74 Å². The van der Waals surface area contributed by atoms with E-state index in [4.69, 9.17) is 4.74 Å². The second-order valence-electron chi connectivity index (χ2n) is 6.44. The summed E-state index contributed by atoms with van der Waals surface area (Å²) in [5.41, 5.74) is 1.31. The first-order chi connectivity index (χ1) is 8.98. The van der Waals surface area contributed by atoms with Crippen LogP contribution in [0.15, 0.2) is 24.3 Å². The average molecular weight is 260 g/mol. The summed E-state index contributed by atoms with van der Waals surface area (Å²) in [6.07, 6.45) is 3.73. The standard InChI is InChI=1S/C17H24O2/c1-17(2,3)14-8-4-5-10-16(14)19-12-11-13-7-6-9-15(13)18/h4-5,8,10,13H,6-7,9,11-12H2,1-3H3. The number of benzene rings is 1. The van der Waals surface area contributed by atoms with Crippen LogP contribution in [0.3, 0.4) is 0 Å². The molecule has 0 aliphatic heterocycles. The van der Waals surface area contributed by atoms with E-state index in [1.165, 1.54) is 5.56 Å². The van der Waals surface area contributed by atoms with Crippen molar-refractivity contribution >= 4 is 5.78 Å². The molecule has 0 amide bonds. The molecule has 0 heterocycles. The fourth-order valence-corrected chi connectivity index (χ4v) is 2.72. The third-order valence-corrected chi connectivity index (χ3v) is 3.85. The molecule has 0 saturated heterocycles. The first kappa shape index (κ1) is 14.1. The van der Waals surface area contributed by atoms with Crippen molar-refractivity contribution in [3.63, 3.8) is 0 Å². The molecule has 1 unspecified atom stereocenters. The monoisotopic (exact) mass is 260 g/mol. The fraction of sp³-hybridized carbons (Fsp3) is 0.588. The van der Waals surface area contributed by atoms with Crippen LogP contribution in [-0.4, -0.2) is 12.4 Å². The summed E-state index contributed by atoms with van der Waals surface area (Å²) in [6, 6.07) is 8.20. The van der Waals surface area contributed by atoms with Gasteiger partial charge in [-0.05, 0) is 36.3 Å². The smallest absolute Gasteiger partial charge is 0.136 e. The minimum atomic E-state index is 0.0831. The van der Waals surface area contributed by atoms with Gasteiger partial charge in [-0.2, -0.15) is 0 Å². The lowest BCUT2D eigenvalue weighted by Gasteiger charge is -2.23. The molecule has 19 heavy (non-hydrogen) atoms. The Bertz CT molecular complexity index is 443. The first-order valence-electron chi connectivity index (χ1n) is 7.23. The molecule has 2 rings (SSSR count). The lowest BCUT2D eigenvalue weighted by atomic mass is 9.86. The van der Waals surface area contributed by atoms with Crippen LogP contribution in [-0.2, 0) is 10.2 Å². The Labute approximate surface area is 116 Å². The predicted octanol–water partition coefficient (Wildman–Crippen LogP) is 4.12. The lowest BCUT2D eigenvalue weighted by molar-refractivity contribution is -0.121. The second-order valence-corrected chi connectivity index (χ2v) is 6.44. The Morgan fingerprint density at radius 3 is 2.63 bits per heavy atom. The SMILES string of the molecule is CC(C)(C)c1ccccc1OCCC1CCCC1=O. The molecule has 1 saturated carbocycles. The predicted molar refractivity (Wildman–Crippen MR) is 77.6 cm³/mol. The molecule has 104 valence electrons. The zero-order valence-electron chi connectivity index (χ0n) is 12.2. The molecule has 1 aliphatic carbocycles. The molecule has 0 bridgehead atoms. The number of para-hydroxylation sites is 1. The molecule has 1 aliphatic rings. The number of Topliss-reactive ketones (excluding diaryl/α,β-unsaturated/α-hetero) is 1. The highest BCUT2D eigenvalue weighted by Gasteiger charge is 2.24. The molecule has 1 aromatic rings. The van der Waals surface area contributed by atoms with E-state index >= 15 is 0 Å². The second kappa shape index (κ2) is 5.77. The van der Waals surface area contributed by atoms with E-state index in [0.717, 1.165) is 31.4 Å². The first-order valence-corrected chi connectivity index (χ1v) is 7.23. The summed E-state index contributed by atoms with van der Waals surface area (Å²) in [5, 5.41) is 0. The highest BCUT2D eigenvalue weighted by atomic mass is 16.5. The molecule has 0 spiro atoms. The van der Waals surface area contributed by atoms with Crippen LogP contribution in [0, 0.1) is 5.92 Å². The van der Waals surface area contributed by atoms with E-state index < -0.39 is 0 Å². The van der Waals surface area contributed by atoms with Crippen molar-refractivity contribution < 1.29 is 9.53 Å². The maximum Gasteiger partial charge on any atom is 0.136 e. The highest BCUT2D eigenvalue weighted by molar-refractivity contribution is 5.82. The Kier molecular flexibility index (Phi) is 4.28. The lowest BCUT2D eigenvalue weighted by Crippen LogP contribution is -2.15. The average Bonchev–Trinajstić information content (AvgIpc) is 2.75. The van der Waals surface area contributed by atoms with Gasteiger partial charge in [0.2, 0.25) is 0 Å². The minimum Gasteiger partial charge on any atom is -0.493 e. The molecular formula is C17H24O2. The number of hydrogen-bond acceptors (Lipinski definition) is 2. The zero-order chi connectivity index (χ0) is 13.9. The van der Waals surface area contributed by atoms with Gasteiger partial charge in [-0.15, -0.1) is 0 Å². The maximum atomic E-state index is 11.6. The molecule has 1 fully saturated rings. The number of hydrogen-bond donors (Lipinski definition) is 0. The number of rotatable bonds is 4. The zero-order valence-corrected chi connectivity index (χ0v) is 12.2. The number of carbonyl (C=O) groups is 1. The Morgan fingerprint density at radius 1 is 1.26 bits per heavy atom. The van der Waals surface area contributed by atoms with Crippen LogP contribution >= 0.6 is 0 Å². The Balaban J connectivity index is 1.94. The van der Waals surface area contributed by atoms with Gasteiger partial charge in [-0.3, -0.25) is 4.79 Å². The third kappa shape index (κ3) is 3.59. The van der Waals surface area contributed by atoms with E-state index in [1.807, 2.05) is 18.2 Å². The van der Waals surface area contributed by atoms with Crippen molar-refractivity contribution in [2.45, 2.75) is 51.9 Å². The van der Waals surface area contributed by atoms with Crippen molar-refractivity contribution in [1.29, 1.82) is 0 Å². The Hall–Kier alpha value is -1.31. The van der Waals surface area contributed by atoms with Gasteiger partial charge in [0.25, 0.3) is 0 Å². The van der Waals surface area contributed by atoms with E-state index in [2.05, 4.69) is 26.8 Å². The van der Waals surface area contributed by atoms with Crippen LogP contribution in [0.4, 0.5) is 0 Å². The largest absolute Gasteiger partial charge is 0.493 e. The molecule has 1 atom stereocenters.